The lowest BCUT2D eigenvalue weighted by atomic mass is 9.93. The Bertz CT molecular complexity index is 1620. The second-order valence-corrected chi connectivity index (χ2v) is 10.7. The van der Waals surface area contributed by atoms with Gasteiger partial charge in [-0.3, -0.25) is 9.55 Å². The minimum Gasteiger partial charge on any atom is -0.329 e. The molecule has 2 amide bonds. The predicted octanol–water partition coefficient (Wildman–Crippen LogP) is 4.83. The summed E-state index contributed by atoms with van der Waals surface area (Å²) in [6, 6.07) is 8.78. The number of hydrogen-bond donors (Lipinski definition) is 2. The Morgan fingerprint density at radius 2 is 1.83 bits per heavy atom. The number of pyridine rings is 1. The smallest absolute Gasteiger partial charge is 0.329 e. The Balaban J connectivity index is 1.19. The number of amides is 2. The van der Waals surface area contributed by atoms with Crippen molar-refractivity contribution in [1.82, 2.24) is 34.3 Å². The largest absolute Gasteiger partial charge is 0.394 e. The van der Waals surface area contributed by atoms with Gasteiger partial charge in [0.25, 0.3) is 0 Å². The molecule has 13 heteroatoms. The summed E-state index contributed by atoms with van der Waals surface area (Å²) in [6.45, 7) is 0.927. The van der Waals surface area contributed by atoms with Gasteiger partial charge in [0.1, 0.15) is 11.6 Å². The molecule has 2 atom stereocenters. The molecule has 6 rings (SSSR count). The van der Waals surface area contributed by atoms with Crippen LogP contribution < -0.4 is 11.0 Å². The highest BCUT2D eigenvalue weighted by atomic mass is 19.4. The number of piperidine rings is 1. The van der Waals surface area contributed by atoms with Crippen LogP contribution in [0.5, 0.6) is 0 Å². The van der Waals surface area contributed by atoms with Crippen LogP contribution in [0.3, 0.4) is 0 Å². The van der Waals surface area contributed by atoms with E-state index in [0.29, 0.717) is 61.3 Å². The zero-order valence-corrected chi connectivity index (χ0v) is 22.1. The van der Waals surface area contributed by atoms with Crippen molar-refractivity contribution in [2.24, 2.45) is 0 Å². The van der Waals surface area contributed by atoms with Crippen LogP contribution in [0.2, 0.25) is 0 Å². The zero-order chi connectivity index (χ0) is 28.7. The minimum atomic E-state index is -4.44. The number of nitrogens with one attached hydrogen (secondary N) is 2. The highest BCUT2D eigenvalue weighted by molar-refractivity contribution is 5.75. The monoisotopic (exact) mass is 571 g/mol. The summed E-state index contributed by atoms with van der Waals surface area (Å²) in [5, 5.41) is 2.98. The topological polar surface area (TPSA) is 101 Å². The Kier molecular flexibility index (Phi) is 7.04. The first-order valence-electron chi connectivity index (χ1n) is 13.6. The summed E-state index contributed by atoms with van der Waals surface area (Å²) in [4.78, 5) is 38.8. The van der Waals surface area contributed by atoms with E-state index in [0.717, 1.165) is 0 Å². The van der Waals surface area contributed by atoms with Crippen LogP contribution in [0.15, 0.2) is 53.6 Å². The molecule has 5 heterocycles. The van der Waals surface area contributed by atoms with Crippen LogP contribution >= 0.6 is 0 Å². The molecule has 2 N–H and O–H groups in total. The molecule has 0 aliphatic carbocycles. The van der Waals surface area contributed by atoms with Crippen LogP contribution in [0.4, 0.5) is 22.4 Å². The fourth-order valence-electron chi connectivity index (χ4n) is 6.16. The molecule has 41 heavy (non-hydrogen) atoms. The van der Waals surface area contributed by atoms with E-state index in [1.807, 2.05) is 6.07 Å². The van der Waals surface area contributed by atoms with Crippen LogP contribution in [0.25, 0.3) is 11.2 Å². The number of halogens is 4. The van der Waals surface area contributed by atoms with Gasteiger partial charge in [0.2, 0.25) is 0 Å². The van der Waals surface area contributed by atoms with Gasteiger partial charge in [0.15, 0.2) is 5.65 Å². The number of alkyl halides is 3. The quantitative estimate of drug-likeness (QED) is 0.343. The van der Waals surface area contributed by atoms with Gasteiger partial charge in [-0.2, -0.15) is 13.2 Å². The average molecular weight is 572 g/mol. The molecule has 3 aromatic heterocycles. The molecule has 0 saturated carbocycles. The first kappa shape index (κ1) is 27.0. The number of rotatable bonds is 4. The van der Waals surface area contributed by atoms with Crippen LogP contribution in [-0.2, 0) is 13.0 Å². The van der Waals surface area contributed by atoms with E-state index in [9.17, 15) is 27.2 Å². The Morgan fingerprint density at radius 1 is 1.05 bits per heavy atom. The molecular weight excluding hydrogens is 542 g/mol. The van der Waals surface area contributed by atoms with Gasteiger partial charge >= 0.3 is 17.9 Å². The minimum absolute atomic E-state index is 0.0190. The van der Waals surface area contributed by atoms with Crippen molar-refractivity contribution >= 4 is 17.2 Å². The molecule has 0 spiro atoms. The molecule has 2 aliphatic heterocycles. The first-order valence-corrected chi connectivity index (χ1v) is 13.6. The molecule has 9 nitrogen and oxygen atoms in total. The van der Waals surface area contributed by atoms with Crippen molar-refractivity contribution in [3.8, 4) is 0 Å². The van der Waals surface area contributed by atoms with Gasteiger partial charge in [0, 0.05) is 49.7 Å². The van der Waals surface area contributed by atoms with E-state index >= 15 is 0 Å². The molecular formula is C28H29F4N7O2. The molecule has 216 valence electrons. The van der Waals surface area contributed by atoms with Gasteiger partial charge in [-0.15, -0.1) is 0 Å². The summed E-state index contributed by atoms with van der Waals surface area (Å²) in [5.41, 5.74) is 1.40. The standard InChI is InChI=1S/C28H29F4N7O2/c29-21-5-2-1-4-20(21)17-7-8-22(25-34-15-19(38(25)16-17)14-28(30,31)32)35-26(40)37-12-9-18(10-13-37)39-23-6-3-11-33-24(23)36-27(39)41/h1-6,11,15,17-18,22H,7-10,12-14,16H2,(H,35,40)(H,33,36,41)/t17-,22-/m1/s1. The number of nitrogens with zero attached hydrogens (tertiary/aromatic N) is 5. The molecule has 1 aromatic carbocycles. The summed E-state index contributed by atoms with van der Waals surface area (Å²) in [5.74, 6) is -0.450. The van der Waals surface area contributed by atoms with Gasteiger partial charge in [-0.05, 0) is 49.4 Å². The summed E-state index contributed by atoms with van der Waals surface area (Å²) in [7, 11) is 0. The average Bonchev–Trinajstić information content (AvgIpc) is 3.42. The Morgan fingerprint density at radius 3 is 2.59 bits per heavy atom. The fourth-order valence-corrected chi connectivity index (χ4v) is 6.16. The molecule has 2 aliphatic rings. The maximum Gasteiger partial charge on any atom is 0.394 e. The van der Waals surface area contributed by atoms with E-state index in [1.165, 1.54) is 16.8 Å². The summed E-state index contributed by atoms with van der Waals surface area (Å²) < 4.78 is 57.9. The number of benzene rings is 1. The highest BCUT2D eigenvalue weighted by Gasteiger charge is 2.35. The lowest BCUT2D eigenvalue weighted by Crippen LogP contribution is -2.46. The van der Waals surface area contributed by atoms with Gasteiger partial charge < -0.3 is 14.8 Å². The van der Waals surface area contributed by atoms with E-state index in [1.54, 1.807) is 39.9 Å². The lowest BCUT2D eigenvalue weighted by Gasteiger charge is -2.33. The van der Waals surface area contributed by atoms with Gasteiger partial charge in [0.05, 0.1) is 18.0 Å². The second-order valence-electron chi connectivity index (χ2n) is 10.7. The number of carbonyl (C=O) groups is 1. The third-order valence-electron chi connectivity index (χ3n) is 8.12. The van der Waals surface area contributed by atoms with E-state index in [-0.39, 0.29) is 35.9 Å². The summed E-state index contributed by atoms with van der Waals surface area (Å²) >= 11 is 0. The number of likely N-dealkylation sites (tertiary alicyclic amines) is 1. The van der Waals surface area contributed by atoms with E-state index < -0.39 is 24.5 Å². The Hall–Kier alpha value is -4.16. The lowest BCUT2D eigenvalue weighted by molar-refractivity contribution is -0.128. The van der Waals surface area contributed by atoms with Crippen molar-refractivity contribution in [1.29, 1.82) is 0 Å². The van der Waals surface area contributed by atoms with Gasteiger partial charge in [-0.1, -0.05) is 18.2 Å². The van der Waals surface area contributed by atoms with Crippen molar-refractivity contribution in [3.05, 3.63) is 82.2 Å². The number of urea groups is 1. The van der Waals surface area contributed by atoms with Crippen molar-refractivity contribution in [3.63, 3.8) is 0 Å². The van der Waals surface area contributed by atoms with Crippen LogP contribution in [0.1, 0.15) is 60.8 Å². The predicted molar refractivity (Wildman–Crippen MR) is 142 cm³/mol. The number of fused-ring (bicyclic) bond motifs is 2. The van der Waals surface area contributed by atoms with E-state index in [2.05, 4.69) is 20.3 Å². The zero-order valence-electron chi connectivity index (χ0n) is 22.1. The van der Waals surface area contributed by atoms with Crippen molar-refractivity contribution in [2.75, 3.05) is 13.1 Å². The molecule has 1 saturated heterocycles. The highest BCUT2D eigenvalue weighted by Crippen LogP contribution is 2.36. The number of H-pyrrole nitrogens is 1. The first-order chi connectivity index (χ1) is 19.7. The number of aromatic nitrogens is 5. The number of imidazole rings is 2. The SMILES string of the molecule is O=C(N[C@@H]1CC[C@@H](c2ccccc2F)Cn2c(CC(F)(F)F)cnc21)N1CCC(n2c(=O)[nH]c3ncccc32)CC1. The molecule has 0 radical (unpaired) electrons. The Labute approximate surface area is 232 Å². The van der Waals surface area contributed by atoms with Crippen molar-refractivity contribution in [2.45, 2.75) is 62.8 Å². The maximum absolute atomic E-state index is 14.7. The van der Waals surface area contributed by atoms with Gasteiger partial charge in [-0.25, -0.2) is 23.9 Å². The summed E-state index contributed by atoms with van der Waals surface area (Å²) in [6.07, 6.45) is -0.839. The normalized spacial score (nSPS) is 20.1. The third kappa shape index (κ3) is 5.44. The van der Waals surface area contributed by atoms with Crippen LogP contribution in [-0.4, -0.2) is 54.3 Å². The number of hydrogen-bond acceptors (Lipinski definition) is 4. The number of aromatic amines is 1. The second kappa shape index (κ2) is 10.7. The number of carbonyl (C=O) groups excluding carboxylic acids is 1. The van der Waals surface area contributed by atoms with E-state index in [4.69, 9.17) is 0 Å². The molecule has 1 fully saturated rings. The molecule has 0 bridgehead atoms. The fraction of sp³-hybridized carbons (Fsp3) is 0.429. The molecule has 0 unspecified atom stereocenters. The third-order valence-corrected chi connectivity index (χ3v) is 8.12. The van der Waals surface area contributed by atoms with Crippen molar-refractivity contribution < 1.29 is 22.4 Å². The maximum atomic E-state index is 14.7. The van der Waals surface area contributed by atoms with Crippen LogP contribution in [0, 0.1) is 5.82 Å². The molecule has 4 aromatic rings.